The van der Waals surface area contributed by atoms with Gasteiger partial charge in [-0.3, -0.25) is 9.59 Å². The molecule has 0 fully saturated rings. The highest BCUT2D eigenvalue weighted by Gasteiger charge is 2.11. The smallest absolute Gasteiger partial charge is 0.304 e. The van der Waals surface area contributed by atoms with Gasteiger partial charge < -0.3 is 10.8 Å². The quantitative estimate of drug-likeness (QED) is 0.734. The Morgan fingerprint density at radius 3 is 2.59 bits per heavy atom. The molecule has 0 radical (unpaired) electrons. The van der Waals surface area contributed by atoms with Crippen LogP contribution in [0.3, 0.4) is 0 Å². The van der Waals surface area contributed by atoms with Crippen molar-refractivity contribution in [3.05, 3.63) is 35.4 Å². The Balaban J connectivity index is 2.63. The van der Waals surface area contributed by atoms with E-state index in [1.54, 1.807) is 6.07 Å². The molecule has 1 aromatic carbocycles. The van der Waals surface area contributed by atoms with Gasteiger partial charge in [-0.15, -0.1) is 0 Å². The molecule has 0 saturated carbocycles. The maximum Gasteiger partial charge on any atom is 0.304 e. The summed E-state index contributed by atoms with van der Waals surface area (Å²) in [5.74, 6) is -0.871. The maximum absolute atomic E-state index is 11.4. The molecule has 4 nitrogen and oxygen atoms in total. The average molecular weight is 235 g/mol. The first-order valence-electron chi connectivity index (χ1n) is 5.57. The molecule has 1 atom stereocenters. The number of hydrogen-bond acceptors (Lipinski definition) is 3. The van der Waals surface area contributed by atoms with E-state index in [4.69, 9.17) is 10.8 Å². The molecule has 0 aliphatic heterocycles. The second-order valence-corrected chi connectivity index (χ2v) is 4.11. The molecule has 0 spiro atoms. The lowest BCUT2D eigenvalue weighted by molar-refractivity contribution is -0.137. The largest absolute Gasteiger partial charge is 0.481 e. The number of carboxylic acid groups (broad SMARTS) is 1. The molecular weight excluding hydrogens is 218 g/mol. The fourth-order valence-corrected chi connectivity index (χ4v) is 1.75. The number of Topliss-reactive ketones (excluding diaryl/α,β-unsaturated/α-hetero) is 1. The molecule has 0 aliphatic rings. The van der Waals surface area contributed by atoms with Crippen LogP contribution < -0.4 is 5.73 Å². The Hall–Kier alpha value is -1.68. The number of ketones is 1. The van der Waals surface area contributed by atoms with Gasteiger partial charge in [0, 0.05) is 11.6 Å². The van der Waals surface area contributed by atoms with E-state index in [2.05, 4.69) is 0 Å². The number of hydrogen-bond donors (Lipinski definition) is 2. The summed E-state index contributed by atoms with van der Waals surface area (Å²) < 4.78 is 0. The summed E-state index contributed by atoms with van der Waals surface area (Å²) in [6.07, 6.45) is 1.16. The molecule has 17 heavy (non-hydrogen) atoms. The van der Waals surface area contributed by atoms with E-state index >= 15 is 0 Å². The van der Waals surface area contributed by atoms with Gasteiger partial charge in [-0.25, -0.2) is 0 Å². The molecular formula is C13H17NO3. The summed E-state index contributed by atoms with van der Waals surface area (Å²) in [7, 11) is 0. The predicted molar refractivity (Wildman–Crippen MR) is 65.0 cm³/mol. The van der Waals surface area contributed by atoms with E-state index in [0.717, 1.165) is 5.56 Å². The fraction of sp³-hybridized carbons (Fsp3) is 0.385. The van der Waals surface area contributed by atoms with Crippen LogP contribution in [-0.2, 0) is 11.2 Å². The third-order valence-electron chi connectivity index (χ3n) is 2.62. The van der Waals surface area contributed by atoms with Crippen molar-refractivity contribution in [2.75, 3.05) is 0 Å². The zero-order valence-corrected chi connectivity index (χ0v) is 9.85. The number of rotatable bonds is 6. The molecule has 0 heterocycles. The lowest BCUT2D eigenvalue weighted by Crippen LogP contribution is -2.24. The topological polar surface area (TPSA) is 80.4 Å². The first kappa shape index (κ1) is 13.4. The van der Waals surface area contributed by atoms with Crippen LogP contribution in [0.4, 0.5) is 0 Å². The van der Waals surface area contributed by atoms with Crippen LogP contribution in [0.15, 0.2) is 24.3 Å². The van der Waals surface area contributed by atoms with Crippen molar-refractivity contribution in [2.24, 2.45) is 5.73 Å². The summed E-state index contributed by atoms with van der Waals surface area (Å²) in [5.41, 5.74) is 7.30. The van der Waals surface area contributed by atoms with Crippen LogP contribution in [0.25, 0.3) is 0 Å². The van der Waals surface area contributed by atoms with E-state index in [-0.39, 0.29) is 18.2 Å². The van der Waals surface area contributed by atoms with Gasteiger partial charge >= 0.3 is 5.97 Å². The zero-order valence-electron chi connectivity index (χ0n) is 9.85. The van der Waals surface area contributed by atoms with E-state index < -0.39 is 5.97 Å². The first-order valence-corrected chi connectivity index (χ1v) is 5.57. The van der Waals surface area contributed by atoms with Crippen LogP contribution in [0.1, 0.15) is 35.7 Å². The van der Waals surface area contributed by atoms with Gasteiger partial charge in [0.1, 0.15) is 0 Å². The molecule has 0 amide bonds. The minimum absolute atomic E-state index is 0.0207. The van der Waals surface area contributed by atoms with Crippen molar-refractivity contribution < 1.29 is 14.7 Å². The number of carbonyl (C=O) groups excluding carboxylic acids is 1. The molecule has 0 bridgehead atoms. The fourth-order valence-electron chi connectivity index (χ4n) is 1.75. The Morgan fingerprint density at radius 2 is 2.00 bits per heavy atom. The van der Waals surface area contributed by atoms with Gasteiger partial charge in [0.2, 0.25) is 0 Å². The standard InChI is InChI=1S/C13H17NO3/c1-9(15)12-5-3-2-4-10(12)6-7-11(14)8-13(16)17/h2-5,11H,6-8,14H2,1H3,(H,16,17). The Kier molecular flexibility index (Phi) is 4.84. The van der Waals surface area contributed by atoms with Crippen molar-refractivity contribution in [2.45, 2.75) is 32.2 Å². The van der Waals surface area contributed by atoms with E-state index in [1.807, 2.05) is 18.2 Å². The van der Waals surface area contributed by atoms with Crippen LogP contribution in [-0.4, -0.2) is 22.9 Å². The summed E-state index contributed by atoms with van der Waals surface area (Å²) >= 11 is 0. The van der Waals surface area contributed by atoms with Crippen LogP contribution >= 0.6 is 0 Å². The van der Waals surface area contributed by atoms with Gasteiger partial charge in [-0.2, -0.15) is 0 Å². The van der Waals surface area contributed by atoms with E-state index in [0.29, 0.717) is 18.4 Å². The maximum atomic E-state index is 11.4. The van der Waals surface area contributed by atoms with Gasteiger partial charge in [-0.1, -0.05) is 24.3 Å². The third kappa shape index (κ3) is 4.36. The zero-order chi connectivity index (χ0) is 12.8. The molecule has 92 valence electrons. The highest BCUT2D eigenvalue weighted by molar-refractivity contribution is 5.95. The number of aliphatic carboxylic acids is 1. The van der Waals surface area contributed by atoms with Crippen molar-refractivity contribution in [1.82, 2.24) is 0 Å². The number of nitrogens with two attached hydrogens (primary N) is 1. The SMILES string of the molecule is CC(=O)c1ccccc1CCC(N)CC(=O)O. The number of carboxylic acids is 1. The molecule has 1 unspecified atom stereocenters. The number of aryl methyl sites for hydroxylation is 1. The minimum Gasteiger partial charge on any atom is -0.481 e. The second-order valence-electron chi connectivity index (χ2n) is 4.11. The molecule has 0 aromatic heterocycles. The molecule has 3 N–H and O–H groups in total. The monoisotopic (exact) mass is 235 g/mol. The van der Waals surface area contributed by atoms with Crippen molar-refractivity contribution in [3.63, 3.8) is 0 Å². The van der Waals surface area contributed by atoms with Gasteiger partial charge in [0.15, 0.2) is 5.78 Å². The van der Waals surface area contributed by atoms with Gasteiger partial charge in [0.25, 0.3) is 0 Å². The van der Waals surface area contributed by atoms with Gasteiger partial charge in [-0.05, 0) is 25.3 Å². The second kappa shape index (κ2) is 6.15. The summed E-state index contributed by atoms with van der Waals surface area (Å²) in [6.45, 7) is 1.52. The highest BCUT2D eigenvalue weighted by Crippen LogP contribution is 2.13. The first-order chi connectivity index (χ1) is 8.00. The summed E-state index contributed by atoms with van der Waals surface area (Å²) in [5, 5.41) is 8.59. The van der Waals surface area contributed by atoms with Crippen molar-refractivity contribution in [3.8, 4) is 0 Å². The Bertz CT molecular complexity index is 415. The van der Waals surface area contributed by atoms with E-state index in [9.17, 15) is 9.59 Å². The van der Waals surface area contributed by atoms with Crippen molar-refractivity contribution in [1.29, 1.82) is 0 Å². The number of carbonyl (C=O) groups is 2. The highest BCUT2D eigenvalue weighted by atomic mass is 16.4. The summed E-state index contributed by atoms with van der Waals surface area (Å²) in [4.78, 5) is 21.8. The van der Waals surface area contributed by atoms with E-state index in [1.165, 1.54) is 6.92 Å². The Morgan fingerprint density at radius 1 is 1.35 bits per heavy atom. The lowest BCUT2D eigenvalue weighted by Gasteiger charge is -2.10. The minimum atomic E-state index is -0.891. The summed E-state index contributed by atoms with van der Waals surface area (Å²) in [6, 6.07) is 6.97. The van der Waals surface area contributed by atoms with Crippen LogP contribution in [0.5, 0.6) is 0 Å². The molecule has 0 saturated heterocycles. The van der Waals surface area contributed by atoms with Gasteiger partial charge in [0.05, 0.1) is 6.42 Å². The normalized spacial score (nSPS) is 12.1. The van der Waals surface area contributed by atoms with Crippen LogP contribution in [0, 0.1) is 0 Å². The molecule has 1 rings (SSSR count). The third-order valence-corrected chi connectivity index (χ3v) is 2.62. The van der Waals surface area contributed by atoms with Crippen molar-refractivity contribution >= 4 is 11.8 Å². The van der Waals surface area contributed by atoms with Crippen LogP contribution in [0.2, 0.25) is 0 Å². The average Bonchev–Trinajstić information content (AvgIpc) is 2.25. The molecule has 0 aliphatic carbocycles. The lowest BCUT2D eigenvalue weighted by atomic mass is 9.97. The Labute approximate surface area is 100 Å². The molecule has 1 aromatic rings. The number of benzene rings is 1. The predicted octanol–water partition coefficient (Wildman–Crippen LogP) is 1.62. The molecule has 4 heteroatoms.